The van der Waals surface area contributed by atoms with Gasteiger partial charge < -0.3 is 15.3 Å². The zero-order valence-corrected chi connectivity index (χ0v) is 12.5. The van der Waals surface area contributed by atoms with E-state index >= 15 is 0 Å². The highest BCUT2D eigenvalue weighted by Gasteiger charge is 2.29. The van der Waals surface area contributed by atoms with E-state index in [0.29, 0.717) is 25.2 Å². The van der Waals surface area contributed by atoms with E-state index in [9.17, 15) is 14.7 Å². The predicted octanol–water partition coefficient (Wildman–Crippen LogP) is 1.17. The summed E-state index contributed by atoms with van der Waals surface area (Å²) in [5.41, 5.74) is 1.61. The fourth-order valence-electron chi connectivity index (χ4n) is 2.54. The number of benzene rings is 1. The summed E-state index contributed by atoms with van der Waals surface area (Å²) in [7, 11) is 0. The molecule has 1 heterocycles. The standard InChI is InChI=1S/C16H22N2O3/c1-11(19)15-7-8-18(10-15)16(21)14-5-3-13(4-6-14)9-17-12(2)20/h3-6,11,15,19H,7-10H2,1-2H3,(H,17,20). The Labute approximate surface area is 125 Å². The van der Waals surface area contributed by atoms with E-state index < -0.39 is 0 Å². The molecule has 0 aliphatic carbocycles. The first kappa shape index (κ1) is 15.5. The minimum Gasteiger partial charge on any atom is -0.393 e. The Kier molecular flexibility index (Phi) is 4.96. The van der Waals surface area contributed by atoms with E-state index in [-0.39, 0.29) is 23.8 Å². The molecule has 1 saturated heterocycles. The largest absolute Gasteiger partial charge is 0.393 e. The summed E-state index contributed by atoms with van der Waals surface area (Å²) in [5.74, 6) is 0.105. The highest BCUT2D eigenvalue weighted by atomic mass is 16.3. The van der Waals surface area contributed by atoms with Crippen molar-refractivity contribution in [1.29, 1.82) is 0 Å². The number of hydrogen-bond donors (Lipinski definition) is 2. The van der Waals surface area contributed by atoms with Crippen molar-refractivity contribution in [3.8, 4) is 0 Å². The van der Waals surface area contributed by atoms with E-state index in [4.69, 9.17) is 0 Å². The van der Waals surface area contributed by atoms with Gasteiger partial charge in [-0.25, -0.2) is 0 Å². The van der Waals surface area contributed by atoms with Crippen LogP contribution in [0.2, 0.25) is 0 Å². The second kappa shape index (κ2) is 6.72. The maximum Gasteiger partial charge on any atom is 0.253 e. The zero-order chi connectivity index (χ0) is 15.4. The Morgan fingerprint density at radius 1 is 1.38 bits per heavy atom. The van der Waals surface area contributed by atoms with Gasteiger partial charge in [-0.2, -0.15) is 0 Å². The Bertz CT molecular complexity index is 511. The molecule has 21 heavy (non-hydrogen) atoms. The summed E-state index contributed by atoms with van der Waals surface area (Å²) in [6.07, 6.45) is 0.479. The van der Waals surface area contributed by atoms with Gasteiger partial charge in [0.05, 0.1) is 6.10 Å². The van der Waals surface area contributed by atoms with Gasteiger partial charge in [0.2, 0.25) is 5.91 Å². The average molecular weight is 290 g/mol. The summed E-state index contributed by atoms with van der Waals surface area (Å²) in [5, 5.41) is 12.3. The number of amides is 2. The summed E-state index contributed by atoms with van der Waals surface area (Å²) in [6.45, 7) is 5.03. The highest BCUT2D eigenvalue weighted by molar-refractivity contribution is 5.94. The molecule has 1 aliphatic rings. The Balaban J connectivity index is 1.95. The van der Waals surface area contributed by atoms with Gasteiger partial charge >= 0.3 is 0 Å². The molecule has 2 unspecified atom stereocenters. The van der Waals surface area contributed by atoms with Crippen LogP contribution in [0.3, 0.4) is 0 Å². The number of nitrogens with one attached hydrogen (secondary N) is 1. The second-order valence-electron chi connectivity index (χ2n) is 5.65. The van der Waals surface area contributed by atoms with E-state index in [0.717, 1.165) is 12.0 Å². The molecule has 1 aromatic rings. The van der Waals surface area contributed by atoms with Gasteiger partial charge in [0, 0.05) is 38.0 Å². The van der Waals surface area contributed by atoms with Gasteiger partial charge in [0.15, 0.2) is 0 Å². The lowest BCUT2D eigenvalue weighted by Crippen LogP contribution is -2.30. The monoisotopic (exact) mass is 290 g/mol. The van der Waals surface area contributed by atoms with Crippen LogP contribution >= 0.6 is 0 Å². The van der Waals surface area contributed by atoms with Crippen LogP contribution < -0.4 is 5.32 Å². The average Bonchev–Trinajstić information content (AvgIpc) is 2.95. The molecule has 5 heteroatoms. The third kappa shape index (κ3) is 4.04. The van der Waals surface area contributed by atoms with Crippen LogP contribution in [-0.4, -0.2) is 41.0 Å². The number of aliphatic hydroxyl groups is 1. The number of hydrogen-bond acceptors (Lipinski definition) is 3. The smallest absolute Gasteiger partial charge is 0.253 e. The lowest BCUT2D eigenvalue weighted by molar-refractivity contribution is -0.119. The van der Waals surface area contributed by atoms with Crippen LogP contribution in [0.15, 0.2) is 24.3 Å². The van der Waals surface area contributed by atoms with Crippen LogP contribution in [0, 0.1) is 5.92 Å². The lowest BCUT2D eigenvalue weighted by Gasteiger charge is -2.18. The molecule has 1 aliphatic heterocycles. The summed E-state index contributed by atoms with van der Waals surface area (Å²) in [6, 6.07) is 7.28. The molecule has 0 spiro atoms. The van der Waals surface area contributed by atoms with Gasteiger partial charge in [-0.15, -0.1) is 0 Å². The van der Waals surface area contributed by atoms with Crippen LogP contribution in [0.4, 0.5) is 0 Å². The predicted molar refractivity (Wildman–Crippen MR) is 79.7 cm³/mol. The van der Waals surface area contributed by atoms with Crippen molar-refractivity contribution in [3.63, 3.8) is 0 Å². The van der Waals surface area contributed by atoms with Gasteiger partial charge in [0.25, 0.3) is 5.91 Å². The third-order valence-electron chi connectivity index (χ3n) is 3.94. The molecule has 2 N–H and O–H groups in total. The molecule has 0 radical (unpaired) electrons. The molecule has 0 saturated carbocycles. The van der Waals surface area contributed by atoms with Gasteiger partial charge in [-0.3, -0.25) is 9.59 Å². The lowest BCUT2D eigenvalue weighted by atomic mass is 10.0. The fourth-order valence-corrected chi connectivity index (χ4v) is 2.54. The van der Waals surface area contributed by atoms with Crippen LogP contribution in [-0.2, 0) is 11.3 Å². The van der Waals surface area contributed by atoms with Crippen molar-refractivity contribution in [2.75, 3.05) is 13.1 Å². The van der Waals surface area contributed by atoms with E-state index in [2.05, 4.69) is 5.32 Å². The minimum absolute atomic E-state index is 0.00391. The third-order valence-corrected chi connectivity index (χ3v) is 3.94. The summed E-state index contributed by atoms with van der Waals surface area (Å²) in [4.78, 5) is 25.0. The van der Waals surface area contributed by atoms with Crippen LogP contribution in [0.25, 0.3) is 0 Å². The molecule has 1 fully saturated rings. The first-order valence-electron chi connectivity index (χ1n) is 7.28. The zero-order valence-electron chi connectivity index (χ0n) is 12.5. The Morgan fingerprint density at radius 2 is 2.05 bits per heavy atom. The number of nitrogens with zero attached hydrogens (tertiary/aromatic N) is 1. The second-order valence-corrected chi connectivity index (χ2v) is 5.65. The summed E-state index contributed by atoms with van der Waals surface area (Å²) < 4.78 is 0. The number of carbonyl (C=O) groups is 2. The topological polar surface area (TPSA) is 69.6 Å². The maximum absolute atomic E-state index is 12.4. The Morgan fingerprint density at radius 3 is 2.57 bits per heavy atom. The van der Waals surface area contributed by atoms with Crippen LogP contribution in [0.1, 0.15) is 36.2 Å². The maximum atomic E-state index is 12.4. The molecular formula is C16H22N2O3. The van der Waals surface area contributed by atoms with Crippen molar-refractivity contribution in [2.24, 2.45) is 5.92 Å². The molecule has 2 amide bonds. The molecular weight excluding hydrogens is 268 g/mol. The number of likely N-dealkylation sites (tertiary alicyclic amines) is 1. The van der Waals surface area contributed by atoms with E-state index in [1.807, 2.05) is 12.1 Å². The van der Waals surface area contributed by atoms with Gasteiger partial charge in [0.1, 0.15) is 0 Å². The minimum atomic E-state index is -0.372. The number of rotatable bonds is 4. The quantitative estimate of drug-likeness (QED) is 0.874. The van der Waals surface area contributed by atoms with Crippen molar-refractivity contribution in [2.45, 2.75) is 32.9 Å². The first-order chi connectivity index (χ1) is 9.97. The molecule has 2 rings (SSSR count). The molecule has 1 aromatic carbocycles. The molecule has 5 nitrogen and oxygen atoms in total. The first-order valence-corrected chi connectivity index (χ1v) is 7.28. The Hall–Kier alpha value is -1.88. The SMILES string of the molecule is CC(=O)NCc1ccc(C(=O)N2CCC(C(C)O)C2)cc1. The van der Waals surface area contributed by atoms with Crippen molar-refractivity contribution in [1.82, 2.24) is 10.2 Å². The summed E-state index contributed by atoms with van der Waals surface area (Å²) >= 11 is 0. The molecule has 0 bridgehead atoms. The molecule has 2 atom stereocenters. The van der Waals surface area contributed by atoms with Gasteiger partial charge in [-0.1, -0.05) is 12.1 Å². The van der Waals surface area contributed by atoms with Crippen molar-refractivity contribution >= 4 is 11.8 Å². The molecule has 0 aromatic heterocycles. The number of aliphatic hydroxyl groups excluding tert-OH is 1. The van der Waals surface area contributed by atoms with E-state index in [1.165, 1.54) is 6.92 Å². The fraction of sp³-hybridized carbons (Fsp3) is 0.500. The van der Waals surface area contributed by atoms with Crippen molar-refractivity contribution in [3.05, 3.63) is 35.4 Å². The highest BCUT2D eigenvalue weighted by Crippen LogP contribution is 2.21. The van der Waals surface area contributed by atoms with Crippen molar-refractivity contribution < 1.29 is 14.7 Å². The van der Waals surface area contributed by atoms with Crippen LogP contribution in [0.5, 0.6) is 0 Å². The normalized spacial score (nSPS) is 19.4. The van der Waals surface area contributed by atoms with E-state index in [1.54, 1.807) is 24.0 Å². The number of carbonyl (C=O) groups excluding carboxylic acids is 2. The van der Waals surface area contributed by atoms with Gasteiger partial charge in [-0.05, 0) is 31.0 Å². The molecule has 114 valence electrons.